The molecule has 0 radical (unpaired) electrons. The summed E-state index contributed by atoms with van der Waals surface area (Å²) in [6.45, 7) is 4.30. The van der Waals surface area contributed by atoms with E-state index in [9.17, 15) is 22.4 Å². The lowest BCUT2D eigenvalue weighted by atomic mass is 9.97. The van der Waals surface area contributed by atoms with Gasteiger partial charge in [0.1, 0.15) is 11.6 Å². The third kappa shape index (κ3) is 4.93. The molecular weight excluding hydrogens is 386 g/mol. The van der Waals surface area contributed by atoms with Crippen LogP contribution in [-0.4, -0.2) is 17.4 Å². The highest BCUT2D eigenvalue weighted by Gasteiger charge is 2.31. The van der Waals surface area contributed by atoms with Gasteiger partial charge in [0.05, 0.1) is 16.8 Å². The van der Waals surface area contributed by atoms with Crippen LogP contribution in [0.25, 0.3) is 0 Å². The minimum atomic E-state index is -4.62. The maximum atomic E-state index is 14.1. The van der Waals surface area contributed by atoms with E-state index in [0.717, 1.165) is 25.0 Å². The van der Waals surface area contributed by atoms with Crippen LogP contribution in [-0.2, 0) is 6.18 Å². The number of rotatable bonds is 6. The van der Waals surface area contributed by atoms with Crippen molar-refractivity contribution in [3.63, 3.8) is 0 Å². The maximum Gasteiger partial charge on any atom is 0.416 e. The van der Waals surface area contributed by atoms with Crippen LogP contribution >= 0.6 is 0 Å². The molecule has 2 aromatic rings. The van der Waals surface area contributed by atoms with Gasteiger partial charge in [-0.2, -0.15) is 13.2 Å². The predicted molar refractivity (Wildman–Crippen MR) is 103 cm³/mol. The first kappa shape index (κ1) is 20.8. The van der Waals surface area contributed by atoms with E-state index in [1.165, 1.54) is 11.8 Å². The van der Waals surface area contributed by atoms with Gasteiger partial charge in [-0.3, -0.25) is 4.79 Å². The second-order valence-corrected chi connectivity index (χ2v) is 7.21. The van der Waals surface area contributed by atoms with Crippen LogP contribution < -0.4 is 10.6 Å². The molecule has 154 valence electrons. The summed E-state index contributed by atoms with van der Waals surface area (Å²) in [4.78, 5) is 16.6. The molecule has 1 heterocycles. The van der Waals surface area contributed by atoms with Crippen molar-refractivity contribution in [3.05, 3.63) is 64.6 Å². The summed E-state index contributed by atoms with van der Waals surface area (Å²) in [5.41, 5.74) is 1.11. The van der Waals surface area contributed by atoms with Crippen molar-refractivity contribution in [2.24, 2.45) is 0 Å². The van der Waals surface area contributed by atoms with Crippen molar-refractivity contribution in [1.82, 2.24) is 10.3 Å². The number of amides is 1. The quantitative estimate of drug-likeness (QED) is 0.487. The van der Waals surface area contributed by atoms with Gasteiger partial charge in [0.15, 0.2) is 0 Å². The molecule has 0 aliphatic heterocycles. The molecular formula is C21H21F4N3O. The van der Waals surface area contributed by atoms with Gasteiger partial charge >= 0.3 is 6.18 Å². The molecule has 3 rings (SSSR count). The van der Waals surface area contributed by atoms with Crippen LogP contribution in [0.15, 0.2) is 42.1 Å². The molecule has 0 spiro atoms. The Hall–Kier alpha value is -2.90. The third-order valence-corrected chi connectivity index (χ3v) is 4.74. The number of hydrogen-bond donors (Lipinski definition) is 2. The zero-order valence-electron chi connectivity index (χ0n) is 16.0. The Balaban J connectivity index is 1.80. The fourth-order valence-corrected chi connectivity index (χ4v) is 2.94. The first-order valence-corrected chi connectivity index (χ1v) is 9.25. The van der Waals surface area contributed by atoms with Crippen molar-refractivity contribution in [2.75, 3.05) is 11.9 Å². The number of nitrogens with one attached hydrogen (secondary N) is 2. The molecule has 1 aliphatic rings. The van der Waals surface area contributed by atoms with E-state index < -0.39 is 17.6 Å². The number of pyridine rings is 1. The van der Waals surface area contributed by atoms with E-state index in [2.05, 4.69) is 21.7 Å². The molecule has 1 aromatic carbocycles. The van der Waals surface area contributed by atoms with Gasteiger partial charge in [-0.05, 0) is 48.6 Å². The van der Waals surface area contributed by atoms with Gasteiger partial charge in [-0.15, -0.1) is 0 Å². The van der Waals surface area contributed by atoms with Gasteiger partial charge in [0.2, 0.25) is 0 Å². The normalized spacial score (nSPS) is 13.7. The molecule has 0 unspecified atom stereocenters. The third-order valence-electron chi connectivity index (χ3n) is 4.74. The number of benzene rings is 1. The molecule has 0 saturated carbocycles. The highest BCUT2D eigenvalue weighted by molar-refractivity contribution is 5.96. The Labute approximate surface area is 166 Å². The summed E-state index contributed by atoms with van der Waals surface area (Å²) in [7, 11) is 0. The van der Waals surface area contributed by atoms with Crippen LogP contribution in [0.1, 0.15) is 54.1 Å². The van der Waals surface area contributed by atoms with Crippen LogP contribution in [0.3, 0.4) is 0 Å². The van der Waals surface area contributed by atoms with Crippen LogP contribution in [0, 0.1) is 5.82 Å². The molecule has 1 amide bonds. The molecule has 4 nitrogen and oxygen atoms in total. The van der Waals surface area contributed by atoms with Gasteiger partial charge in [0.25, 0.3) is 5.91 Å². The van der Waals surface area contributed by atoms with E-state index in [0.29, 0.717) is 23.7 Å². The fourth-order valence-electron chi connectivity index (χ4n) is 2.94. The van der Waals surface area contributed by atoms with E-state index in [1.54, 1.807) is 6.07 Å². The van der Waals surface area contributed by atoms with Crippen LogP contribution in [0.4, 0.5) is 29.1 Å². The summed E-state index contributed by atoms with van der Waals surface area (Å²) in [5, 5.41) is 5.55. The minimum absolute atomic E-state index is 0.0142. The standard InChI is InChI=1S/C21H21F4N3O/c1-12(2)15-9-19(26-11-16(15)20(29)27-10-13-4-3-5-13)28-18-7-6-14(8-17(18)22)21(23,24)25/h4,6-9,11-12H,3,5,10H2,1-2H3,(H,26,28)(H,27,29). The number of alkyl halides is 3. The first-order valence-electron chi connectivity index (χ1n) is 9.25. The zero-order valence-corrected chi connectivity index (χ0v) is 16.0. The molecule has 0 saturated heterocycles. The smallest absolute Gasteiger partial charge is 0.348 e. The molecule has 1 aromatic heterocycles. The molecule has 2 N–H and O–H groups in total. The maximum absolute atomic E-state index is 14.1. The average Bonchev–Trinajstić information content (AvgIpc) is 2.61. The van der Waals surface area contributed by atoms with Gasteiger partial charge < -0.3 is 10.6 Å². The summed E-state index contributed by atoms with van der Waals surface area (Å²) in [6, 6.07) is 3.86. The van der Waals surface area contributed by atoms with Crippen molar-refractivity contribution < 1.29 is 22.4 Å². The van der Waals surface area contributed by atoms with Gasteiger partial charge in [-0.25, -0.2) is 9.37 Å². The number of allylic oxidation sites excluding steroid dienone is 1. The number of nitrogens with zero attached hydrogens (tertiary/aromatic N) is 1. The number of carbonyl (C=O) groups excluding carboxylic acids is 1. The minimum Gasteiger partial charge on any atom is -0.348 e. The lowest BCUT2D eigenvalue weighted by molar-refractivity contribution is -0.137. The Bertz CT molecular complexity index is 951. The lowest BCUT2D eigenvalue weighted by Crippen LogP contribution is -2.28. The Morgan fingerprint density at radius 1 is 1.24 bits per heavy atom. The predicted octanol–water partition coefficient (Wildman–Crippen LogP) is 5.56. The number of halogens is 4. The molecule has 1 aliphatic carbocycles. The Kier molecular flexibility index (Phi) is 5.91. The number of hydrogen-bond acceptors (Lipinski definition) is 3. The average molecular weight is 407 g/mol. The highest BCUT2D eigenvalue weighted by Crippen LogP contribution is 2.32. The van der Waals surface area contributed by atoms with Crippen molar-refractivity contribution >= 4 is 17.4 Å². The van der Waals surface area contributed by atoms with E-state index in [1.807, 2.05) is 13.8 Å². The molecule has 29 heavy (non-hydrogen) atoms. The van der Waals surface area contributed by atoms with Crippen LogP contribution in [0.2, 0.25) is 0 Å². The van der Waals surface area contributed by atoms with Crippen molar-refractivity contribution in [1.29, 1.82) is 0 Å². The van der Waals surface area contributed by atoms with Crippen LogP contribution in [0.5, 0.6) is 0 Å². The fraction of sp³-hybridized carbons (Fsp3) is 0.333. The second-order valence-electron chi connectivity index (χ2n) is 7.21. The highest BCUT2D eigenvalue weighted by atomic mass is 19.4. The van der Waals surface area contributed by atoms with E-state index >= 15 is 0 Å². The topological polar surface area (TPSA) is 54.0 Å². The van der Waals surface area contributed by atoms with Gasteiger partial charge in [-0.1, -0.05) is 25.5 Å². The first-order chi connectivity index (χ1) is 13.6. The summed E-state index contributed by atoms with van der Waals surface area (Å²) in [5.74, 6) is -1.06. The summed E-state index contributed by atoms with van der Waals surface area (Å²) < 4.78 is 52.1. The van der Waals surface area contributed by atoms with E-state index in [-0.39, 0.29) is 23.3 Å². The number of aromatic nitrogens is 1. The largest absolute Gasteiger partial charge is 0.416 e. The second kappa shape index (κ2) is 8.23. The molecule has 0 fully saturated rings. The van der Waals surface area contributed by atoms with Crippen molar-refractivity contribution in [3.8, 4) is 0 Å². The molecule has 0 bridgehead atoms. The van der Waals surface area contributed by atoms with Crippen molar-refractivity contribution in [2.45, 2.75) is 38.8 Å². The lowest BCUT2D eigenvalue weighted by Gasteiger charge is -2.18. The number of carbonyl (C=O) groups is 1. The summed E-state index contributed by atoms with van der Waals surface area (Å²) >= 11 is 0. The number of anilines is 2. The Morgan fingerprint density at radius 3 is 2.52 bits per heavy atom. The molecule has 0 atom stereocenters. The summed E-state index contributed by atoms with van der Waals surface area (Å²) in [6.07, 6.45) is 0.868. The Morgan fingerprint density at radius 2 is 1.97 bits per heavy atom. The SMILES string of the molecule is CC(C)c1cc(Nc2ccc(C(F)(F)F)cc2F)ncc1C(=O)NCC1=CCC1. The zero-order chi connectivity index (χ0) is 21.2. The molecule has 8 heteroatoms. The monoisotopic (exact) mass is 407 g/mol. The van der Waals surface area contributed by atoms with Gasteiger partial charge in [0, 0.05) is 12.7 Å². The van der Waals surface area contributed by atoms with E-state index in [4.69, 9.17) is 0 Å².